The van der Waals surface area contributed by atoms with Crippen LogP contribution >= 0.6 is 0 Å². The van der Waals surface area contributed by atoms with Gasteiger partial charge in [-0.2, -0.15) is 0 Å². The van der Waals surface area contributed by atoms with E-state index in [1.807, 2.05) is 27.7 Å². The van der Waals surface area contributed by atoms with Crippen LogP contribution < -0.4 is 5.32 Å². The van der Waals surface area contributed by atoms with Crippen molar-refractivity contribution in [3.8, 4) is 0 Å². The highest BCUT2D eigenvalue weighted by atomic mass is 16.2. The van der Waals surface area contributed by atoms with E-state index in [4.69, 9.17) is 0 Å². The molecule has 0 aromatic carbocycles. The maximum atomic E-state index is 11.9. The van der Waals surface area contributed by atoms with Crippen LogP contribution in [0.2, 0.25) is 0 Å². The summed E-state index contributed by atoms with van der Waals surface area (Å²) < 4.78 is 0. The molecule has 0 radical (unpaired) electrons. The summed E-state index contributed by atoms with van der Waals surface area (Å²) >= 11 is 0. The second-order valence-corrected chi connectivity index (χ2v) is 4.58. The number of nitrogens with one attached hydrogen (secondary N) is 1. The normalized spacial score (nSPS) is 25.9. The summed E-state index contributed by atoms with van der Waals surface area (Å²) in [6, 6.07) is -0.523. The first-order chi connectivity index (χ1) is 6.34. The minimum atomic E-state index is -0.657. The van der Waals surface area contributed by atoms with E-state index in [0.717, 1.165) is 0 Å². The van der Waals surface area contributed by atoms with Gasteiger partial charge in [-0.15, -0.1) is 0 Å². The molecule has 0 spiro atoms. The topological polar surface area (TPSA) is 46.2 Å². The Kier molecular flexibility index (Phi) is 2.90. The van der Waals surface area contributed by atoms with E-state index in [-0.39, 0.29) is 17.6 Å². The van der Waals surface area contributed by atoms with Crippen LogP contribution in [0, 0.1) is 5.41 Å². The average Bonchev–Trinajstić information content (AvgIpc) is 2.06. The van der Waals surface area contributed by atoms with E-state index in [2.05, 4.69) is 5.32 Å². The lowest BCUT2D eigenvalue weighted by Crippen LogP contribution is -2.52. The molecule has 1 atom stereocenters. The van der Waals surface area contributed by atoms with Gasteiger partial charge in [0, 0.05) is 11.5 Å². The van der Waals surface area contributed by atoms with Crippen molar-refractivity contribution < 1.29 is 9.59 Å². The van der Waals surface area contributed by atoms with Crippen LogP contribution in [0.5, 0.6) is 0 Å². The molecule has 1 rings (SSSR count). The number of rotatable bonds is 2. The maximum absolute atomic E-state index is 11.9. The van der Waals surface area contributed by atoms with Crippen molar-refractivity contribution in [2.75, 3.05) is 0 Å². The first-order valence-corrected chi connectivity index (χ1v) is 4.88. The number of carbonyl (C=O) groups is 2. The first kappa shape index (κ1) is 11.1. The quantitative estimate of drug-likeness (QED) is 0.671. The Bertz CT molecular complexity index is 290. The number of carbonyl (C=O) groups excluding carboxylic acids is 2. The SMILES string of the molecule is CC(C)NC1C(=O)C=CC(C)(C)C1=O. The van der Waals surface area contributed by atoms with E-state index >= 15 is 0 Å². The number of Topliss-reactive ketones (excluding diaryl/α,β-unsaturated/α-hetero) is 1. The zero-order chi connectivity index (χ0) is 10.9. The second-order valence-electron chi connectivity index (χ2n) is 4.58. The Labute approximate surface area is 84.6 Å². The predicted octanol–water partition coefficient (Wildman–Crippen LogP) is 1.09. The molecule has 0 saturated carbocycles. The van der Waals surface area contributed by atoms with Crippen molar-refractivity contribution in [1.29, 1.82) is 0 Å². The molecule has 0 saturated heterocycles. The number of ketones is 2. The van der Waals surface area contributed by atoms with Crippen LogP contribution in [0.15, 0.2) is 12.2 Å². The fourth-order valence-electron chi connectivity index (χ4n) is 1.46. The van der Waals surface area contributed by atoms with Crippen LogP contribution in [0.25, 0.3) is 0 Å². The summed E-state index contributed by atoms with van der Waals surface area (Å²) in [7, 11) is 0. The van der Waals surface area contributed by atoms with Crippen LogP contribution in [0.4, 0.5) is 0 Å². The Balaban J connectivity index is 2.91. The maximum Gasteiger partial charge on any atom is 0.179 e. The van der Waals surface area contributed by atoms with E-state index in [1.54, 1.807) is 6.08 Å². The van der Waals surface area contributed by atoms with Gasteiger partial charge >= 0.3 is 0 Å². The third-order valence-corrected chi connectivity index (χ3v) is 2.35. The molecule has 3 heteroatoms. The molecule has 0 fully saturated rings. The molecule has 78 valence electrons. The van der Waals surface area contributed by atoms with Gasteiger partial charge < -0.3 is 0 Å². The Hall–Kier alpha value is -0.960. The van der Waals surface area contributed by atoms with Crippen molar-refractivity contribution >= 4 is 11.6 Å². The van der Waals surface area contributed by atoms with Gasteiger partial charge in [0.2, 0.25) is 0 Å². The highest BCUT2D eigenvalue weighted by Crippen LogP contribution is 2.24. The fraction of sp³-hybridized carbons (Fsp3) is 0.636. The van der Waals surface area contributed by atoms with Crippen LogP contribution in [-0.4, -0.2) is 23.7 Å². The first-order valence-electron chi connectivity index (χ1n) is 4.88. The van der Waals surface area contributed by atoms with Gasteiger partial charge in [0.1, 0.15) is 6.04 Å². The summed E-state index contributed by atoms with van der Waals surface area (Å²) in [5.74, 6) is -0.179. The highest BCUT2D eigenvalue weighted by Gasteiger charge is 2.38. The molecule has 0 aromatic heterocycles. The summed E-state index contributed by atoms with van der Waals surface area (Å²) in [6.45, 7) is 7.50. The van der Waals surface area contributed by atoms with Gasteiger partial charge in [-0.05, 0) is 33.8 Å². The molecule has 1 aliphatic carbocycles. The largest absolute Gasteiger partial charge is 0.299 e. The Morgan fingerprint density at radius 2 is 1.93 bits per heavy atom. The molecular weight excluding hydrogens is 178 g/mol. The Morgan fingerprint density at radius 1 is 1.36 bits per heavy atom. The number of allylic oxidation sites excluding steroid dienone is 1. The molecule has 0 aliphatic heterocycles. The van der Waals surface area contributed by atoms with Crippen LogP contribution in [0.3, 0.4) is 0 Å². The summed E-state index contributed by atoms with van der Waals surface area (Å²) in [4.78, 5) is 23.3. The zero-order valence-corrected chi connectivity index (χ0v) is 9.13. The molecule has 0 bridgehead atoms. The summed E-state index contributed by atoms with van der Waals surface area (Å²) in [5, 5.41) is 2.99. The smallest absolute Gasteiger partial charge is 0.179 e. The number of hydrogen-bond acceptors (Lipinski definition) is 3. The zero-order valence-electron chi connectivity index (χ0n) is 9.13. The van der Waals surface area contributed by atoms with E-state index < -0.39 is 11.5 Å². The molecule has 0 amide bonds. The van der Waals surface area contributed by atoms with Gasteiger partial charge in [-0.1, -0.05) is 6.08 Å². The molecule has 1 N–H and O–H groups in total. The van der Waals surface area contributed by atoms with Crippen molar-refractivity contribution in [3.05, 3.63) is 12.2 Å². The van der Waals surface area contributed by atoms with Gasteiger partial charge in [0.15, 0.2) is 11.6 Å². The second kappa shape index (κ2) is 3.65. The average molecular weight is 195 g/mol. The van der Waals surface area contributed by atoms with E-state index in [1.165, 1.54) is 6.08 Å². The van der Waals surface area contributed by atoms with Crippen molar-refractivity contribution in [2.24, 2.45) is 5.41 Å². The van der Waals surface area contributed by atoms with Crippen LogP contribution in [-0.2, 0) is 9.59 Å². The molecule has 0 heterocycles. The minimum absolute atomic E-state index is 0.0429. The van der Waals surface area contributed by atoms with E-state index in [0.29, 0.717) is 0 Å². The van der Waals surface area contributed by atoms with Crippen molar-refractivity contribution in [2.45, 2.75) is 39.8 Å². The molecule has 14 heavy (non-hydrogen) atoms. The highest BCUT2D eigenvalue weighted by molar-refractivity contribution is 6.16. The van der Waals surface area contributed by atoms with Crippen molar-refractivity contribution in [3.63, 3.8) is 0 Å². The van der Waals surface area contributed by atoms with E-state index in [9.17, 15) is 9.59 Å². The lowest BCUT2D eigenvalue weighted by Gasteiger charge is -2.29. The third kappa shape index (κ3) is 2.10. The summed E-state index contributed by atoms with van der Waals surface area (Å²) in [6.07, 6.45) is 3.18. The van der Waals surface area contributed by atoms with Crippen LogP contribution in [0.1, 0.15) is 27.7 Å². The van der Waals surface area contributed by atoms with Gasteiger partial charge in [-0.3, -0.25) is 14.9 Å². The standard InChI is InChI=1S/C11H17NO2/c1-7(2)12-9-8(13)5-6-11(3,4)10(9)14/h5-7,9,12H,1-4H3. The molecule has 1 aliphatic rings. The molecule has 0 aromatic rings. The minimum Gasteiger partial charge on any atom is -0.299 e. The molecular formula is C11H17NO2. The monoisotopic (exact) mass is 195 g/mol. The molecule has 3 nitrogen and oxygen atoms in total. The van der Waals surface area contributed by atoms with Gasteiger partial charge in [0.25, 0.3) is 0 Å². The number of hydrogen-bond donors (Lipinski definition) is 1. The predicted molar refractivity (Wildman–Crippen MR) is 55.0 cm³/mol. The fourth-order valence-corrected chi connectivity index (χ4v) is 1.46. The summed E-state index contributed by atoms with van der Waals surface area (Å²) in [5.41, 5.74) is -0.527. The van der Waals surface area contributed by atoms with Gasteiger partial charge in [0.05, 0.1) is 0 Å². The van der Waals surface area contributed by atoms with Crippen molar-refractivity contribution in [1.82, 2.24) is 5.32 Å². The lowest BCUT2D eigenvalue weighted by molar-refractivity contribution is -0.133. The molecule has 1 unspecified atom stereocenters. The third-order valence-electron chi connectivity index (χ3n) is 2.35. The Morgan fingerprint density at radius 3 is 2.43 bits per heavy atom. The van der Waals surface area contributed by atoms with Gasteiger partial charge in [-0.25, -0.2) is 0 Å². The lowest BCUT2D eigenvalue weighted by atomic mass is 9.78.